The number of hydrogen-bond acceptors (Lipinski definition) is 3. The van der Waals surface area contributed by atoms with E-state index in [0.29, 0.717) is 10.0 Å². The summed E-state index contributed by atoms with van der Waals surface area (Å²) in [6.45, 7) is 2.53. The van der Waals surface area contributed by atoms with Crippen LogP contribution in [0.3, 0.4) is 0 Å². The molecule has 0 radical (unpaired) electrons. The summed E-state index contributed by atoms with van der Waals surface area (Å²) in [6, 6.07) is 3.58. The van der Waals surface area contributed by atoms with Gasteiger partial charge in [0.05, 0.1) is 33.8 Å². The SMILES string of the molecule is Clc1cc2nc(CC3CNCCO3)[nH]c2cc1Cl. The van der Waals surface area contributed by atoms with E-state index in [1.807, 2.05) is 0 Å². The lowest BCUT2D eigenvalue weighted by atomic mass is 10.2. The maximum atomic E-state index is 5.97. The first-order valence-electron chi connectivity index (χ1n) is 5.88. The van der Waals surface area contributed by atoms with Crippen LogP contribution in [0, 0.1) is 0 Å². The van der Waals surface area contributed by atoms with Gasteiger partial charge in [0.1, 0.15) is 5.82 Å². The molecule has 2 N–H and O–H groups in total. The number of nitrogens with zero attached hydrogens (tertiary/aromatic N) is 1. The van der Waals surface area contributed by atoms with E-state index in [2.05, 4.69) is 15.3 Å². The van der Waals surface area contributed by atoms with E-state index in [-0.39, 0.29) is 6.10 Å². The number of hydrogen-bond donors (Lipinski definition) is 2. The van der Waals surface area contributed by atoms with Gasteiger partial charge < -0.3 is 15.0 Å². The molecule has 0 amide bonds. The summed E-state index contributed by atoms with van der Waals surface area (Å²) >= 11 is 11.9. The highest BCUT2D eigenvalue weighted by Gasteiger charge is 2.16. The summed E-state index contributed by atoms with van der Waals surface area (Å²) in [5, 5.41) is 4.36. The number of ether oxygens (including phenoxy) is 1. The number of fused-ring (bicyclic) bond motifs is 1. The van der Waals surface area contributed by atoms with E-state index in [4.69, 9.17) is 27.9 Å². The lowest BCUT2D eigenvalue weighted by Gasteiger charge is -2.22. The number of halogens is 2. The van der Waals surface area contributed by atoms with Crippen LogP contribution in [0.5, 0.6) is 0 Å². The average Bonchev–Trinajstić information content (AvgIpc) is 2.72. The Bertz CT molecular complexity index is 525. The highest BCUT2D eigenvalue weighted by molar-refractivity contribution is 6.42. The summed E-state index contributed by atoms with van der Waals surface area (Å²) in [6.07, 6.45) is 0.932. The van der Waals surface area contributed by atoms with Gasteiger partial charge in [-0.15, -0.1) is 0 Å². The molecule has 18 heavy (non-hydrogen) atoms. The van der Waals surface area contributed by atoms with E-state index in [0.717, 1.165) is 43.0 Å². The lowest BCUT2D eigenvalue weighted by Crippen LogP contribution is -2.39. The molecule has 2 aromatic rings. The second-order valence-electron chi connectivity index (χ2n) is 4.37. The summed E-state index contributed by atoms with van der Waals surface area (Å²) in [4.78, 5) is 7.75. The molecule has 0 saturated carbocycles. The van der Waals surface area contributed by atoms with Crippen LogP contribution in [0.2, 0.25) is 10.0 Å². The smallest absolute Gasteiger partial charge is 0.109 e. The Morgan fingerprint density at radius 1 is 1.33 bits per heavy atom. The van der Waals surface area contributed by atoms with Crippen LogP contribution in [0.25, 0.3) is 11.0 Å². The Labute approximate surface area is 115 Å². The fourth-order valence-electron chi connectivity index (χ4n) is 2.12. The van der Waals surface area contributed by atoms with Crippen LogP contribution < -0.4 is 5.32 Å². The van der Waals surface area contributed by atoms with E-state index in [1.165, 1.54) is 0 Å². The van der Waals surface area contributed by atoms with Crippen LogP contribution in [-0.2, 0) is 11.2 Å². The van der Waals surface area contributed by atoms with Crippen LogP contribution in [0.1, 0.15) is 5.82 Å². The van der Waals surface area contributed by atoms with Crippen LogP contribution in [-0.4, -0.2) is 35.8 Å². The third-order valence-electron chi connectivity index (χ3n) is 3.00. The Kier molecular flexibility index (Phi) is 3.43. The fourth-order valence-corrected chi connectivity index (χ4v) is 2.44. The molecule has 4 nitrogen and oxygen atoms in total. The number of morpholine rings is 1. The zero-order valence-electron chi connectivity index (χ0n) is 9.67. The molecule has 96 valence electrons. The zero-order chi connectivity index (χ0) is 12.5. The molecule has 0 aliphatic carbocycles. The molecule has 2 heterocycles. The van der Waals surface area contributed by atoms with Gasteiger partial charge in [0, 0.05) is 19.5 Å². The Morgan fingerprint density at radius 3 is 2.94 bits per heavy atom. The average molecular weight is 286 g/mol. The standard InChI is InChI=1S/C12H13Cl2N3O/c13-8-4-10-11(5-9(8)14)17-12(16-10)3-7-6-15-1-2-18-7/h4-5,7,15H,1-3,6H2,(H,16,17). The molecule has 0 spiro atoms. The van der Waals surface area contributed by atoms with Crippen LogP contribution in [0.15, 0.2) is 12.1 Å². The Balaban J connectivity index is 1.84. The van der Waals surface area contributed by atoms with Crippen molar-refractivity contribution in [2.45, 2.75) is 12.5 Å². The number of benzene rings is 1. The molecular formula is C12H13Cl2N3O. The van der Waals surface area contributed by atoms with Crippen molar-refractivity contribution < 1.29 is 4.74 Å². The van der Waals surface area contributed by atoms with Gasteiger partial charge in [-0.2, -0.15) is 0 Å². The maximum Gasteiger partial charge on any atom is 0.109 e. The monoisotopic (exact) mass is 285 g/mol. The first-order valence-corrected chi connectivity index (χ1v) is 6.64. The quantitative estimate of drug-likeness (QED) is 0.891. The van der Waals surface area contributed by atoms with E-state index in [9.17, 15) is 0 Å². The number of rotatable bonds is 2. The van der Waals surface area contributed by atoms with Gasteiger partial charge in [-0.1, -0.05) is 23.2 Å². The summed E-state index contributed by atoms with van der Waals surface area (Å²) in [5.41, 5.74) is 1.74. The van der Waals surface area contributed by atoms with Crippen molar-refractivity contribution in [3.05, 3.63) is 28.0 Å². The number of imidazole rings is 1. The zero-order valence-corrected chi connectivity index (χ0v) is 11.2. The van der Waals surface area contributed by atoms with E-state index < -0.39 is 0 Å². The van der Waals surface area contributed by atoms with Gasteiger partial charge in [0.2, 0.25) is 0 Å². The highest BCUT2D eigenvalue weighted by atomic mass is 35.5. The van der Waals surface area contributed by atoms with Crippen molar-refractivity contribution in [2.24, 2.45) is 0 Å². The van der Waals surface area contributed by atoms with Gasteiger partial charge in [-0.25, -0.2) is 4.98 Å². The molecule has 1 aliphatic heterocycles. The number of aromatic amines is 1. The minimum atomic E-state index is 0.172. The second-order valence-corrected chi connectivity index (χ2v) is 5.18. The number of nitrogens with one attached hydrogen (secondary N) is 2. The fraction of sp³-hybridized carbons (Fsp3) is 0.417. The van der Waals surface area contributed by atoms with Crippen molar-refractivity contribution in [2.75, 3.05) is 19.7 Å². The van der Waals surface area contributed by atoms with Crippen molar-refractivity contribution in [3.8, 4) is 0 Å². The minimum absolute atomic E-state index is 0.172. The van der Waals surface area contributed by atoms with Crippen LogP contribution in [0.4, 0.5) is 0 Å². The Morgan fingerprint density at radius 2 is 2.17 bits per heavy atom. The van der Waals surface area contributed by atoms with Crippen molar-refractivity contribution in [1.82, 2.24) is 15.3 Å². The number of aromatic nitrogens is 2. The highest BCUT2D eigenvalue weighted by Crippen LogP contribution is 2.26. The third-order valence-corrected chi connectivity index (χ3v) is 3.72. The molecular weight excluding hydrogens is 273 g/mol. The maximum absolute atomic E-state index is 5.97. The van der Waals surface area contributed by atoms with Gasteiger partial charge >= 0.3 is 0 Å². The first-order chi connectivity index (χ1) is 8.72. The third kappa shape index (κ3) is 2.47. The molecule has 1 fully saturated rings. The van der Waals surface area contributed by atoms with Crippen molar-refractivity contribution in [1.29, 1.82) is 0 Å². The normalized spacial score (nSPS) is 20.4. The Hall–Kier alpha value is -0.810. The van der Waals surface area contributed by atoms with Gasteiger partial charge in [-0.3, -0.25) is 0 Å². The molecule has 1 aliphatic rings. The number of H-pyrrole nitrogens is 1. The van der Waals surface area contributed by atoms with Gasteiger partial charge in [-0.05, 0) is 12.1 Å². The molecule has 0 bridgehead atoms. The summed E-state index contributed by atoms with van der Waals surface area (Å²) in [7, 11) is 0. The summed E-state index contributed by atoms with van der Waals surface area (Å²) in [5.74, 6) is 0.900. The van der Waals surface area contributed by atoms with Gasteiger partial charge in [0.15, 0.2) is 0 Å². The molecule has 6 heteroatoms. The second kappa shape index (κ2) is 5.05. The van der Waals surface area contributed by atoms with E-state index >= 15 is 0 Å². The topological polar surface area (TPSA) is 49.9 Å². The van der Waals surface area contributed by atoms with Crippen LogP contribution >= 0.6 is 23.2 Å². The molecule has 1 atom stereocenters. The molecule has 3 rings (SSSR count). The molecule has 1 saturated heterocycles. The molecule has 1 unspecified atom stereocenters. The van der Waals surface area contributed by atoms with Gasteiger partial charge in [0.25, 0.3) is 0 Å². The van der Waals surface area contributed by atoms with Crippen molar-refractivity contribution in [3.63, 3.8) is 0 Å². The minimum Gasteiger partial charge on any atom is -0.375 e. The first kappa shape index (κ1) is 12.2. The predicted molar refractivity (Wildman–Crippen MR) is 72.4 cm³/mol. The largest absolute Gasteiger partial charge is 0.375 e. The molecule has 1 aromatic carbocycles. The predicted octanol–water partition coefficient (Wildman–Crippen LogP) is 2.40. The van der Waals surface area contributed by atoms with Crippen molar-refractivity contribution >= 4 is 34.2 Å². The lowest BCUT2D eigenvalue weighted by molar-refractivity contribution is 0.0282. The molecule has 1 aromatic heterocycles. The van der Waals surface area contributed by atoms with E-state index in [1.54, 1.807) is 12.1 Å². The summed E-state index contributed by atoms with van der Waals surface area (Å²) < 4.78 is 5.65.